The average molecular weight is 435 g/mol. The Morgan fingerprint density at radius 3 is 2.45 bits per heavy atom. The van der Waals surface area contributed by atoms with Crippen molar-refractivity contribution in [3.05, 3.63) is 47.8 Å². The number of anilines is 1. The maximum absolute atomic E-state index is 12.9. The summed E-state index contributed by atoms with van der Waals surface area (Å²) in [5.41, 5.74) is 0.559. The van der Waals surface area contributed by atoms with Crippen molar-refractivity contribution >= 4 is 17.6 Å². The first-order valence-electron chi connectivity index (χ1n) is 10.1. The molecule has 0 bridgehead atoms. The number of benzene rings is 1. The molecule has 2 saturated heterocycles. The van der Waals surface area contributed by atoms with Crippen LogP contribution in [0.1, 0.15) is 18.1 Å². The molecule has 166 valence electrons. The number of carbonyl (C=O) groups is 2. The van der Waals surface area contributed by atoms with Crippen molar-refractivity contribution in [2.24, 2.45) is 11.8 Å². The molecule has 1 aromatic heterocycles. The lowest BCUT2D eigenvalue weighted by Crippen LogP contribution is -2.36. The number of carbonyl (C=O) groups excluding carboxylic acids is 2. The molecule has 0 radical (unpaired) electrons. The van der Waals surface area contributed by atoms with Crippen molar-refractivity contribution in [2.75, 3.05) is 38.1 Å². The van der Waals surface area contributed by atoms with Gasteiger partial charge < -0.3 is 9.80 Å². The summed E-state index contributed by atoms with van der Waals surface area (Å²) in [6.07, 6.45) is -1.32. The minimum absolute atomic E-state index is 0.149. The van der Waals surface area contributed by atoms with Crippen LogP contribution in [-0.4, -0.2) is 64.7 Å². The van der Waals surface area contributed by atoms with Crippen LogP contribution in [0.5, 0.6) is 0 Å². The molecular weight excluding hydrogens is 411 g/mol. The first kappa shape index (κ1) is 21.4. The highest BCUT2D eigenvalue weighted by Gasteiger charge is 2.42. The Bertz CT molecular complexity index is 975. The van der Waals surface area contributed by atoms with Gasteiger partial charge in [-0.25, -0.2) is 4.79 Å². The van der Waals surface area contributed by atoms with Crippen LogP contribution in [0.4, 0.5) is 23.7 Å². The van der Waals surface area contributed by atoms with E-state index in [0.717, 1.165) is 19.2 Å². The Balaban J connectivity index is 1.34. The lowest BCUT2D eigenvalue weighted by atomic mass is 10.0. The Labute approximate surface area is 178 Å². The second-order valence-electron chi connectivity index (χ2n) is 8.32. The van der Waals surface area contributed by atoms with Gasteiger partial charge in [-0.05, 0) is 23.5 Å². The standard InChI is InChI=1S/C21H24F3N5O2/c1-14(30)26(2)19-7-25-29(13-19)20(31)28-11-16-9-27(10-17(16)12-28)8-15-4-3-5-18(6-15)21(22,23)24/h3-7,13,16-17H,8-12H2,1-2H3. The van der Waals surface area contributed by atoms with Crippen LogP contribution in [0.15, 0.2) is 36.7 Å². The molecule has 2 unspecified atom stereocenters. The van der Waals surface area contributed by atoms with Crippen LogP contribution in [0.25, 0.3) is 0 Å². The van der Waals surface area contributed by atoms with Gasteiger partial charge in [0.05, 0.1) is 23.6 Å². The van der Waals surface area contributed by atoms with Crippen LogP contribution in [0.2, 0.25) is 0 Å². The zero-order valence-electron chi connectivity index (χ0n) is 17.3. The third-order valence-electron chi connectivity index (χ3n) is 6.12. The summed E-state index contributed by atoms with van der Waals surface area (Å²) < 4.78 is 40.1. The summed E-state index contributed by atoms with van der Waals surface area (Å²) in [4.78, 5) is 29.6. The van der Waals surface area contributed by atoms with Gasteiger partial charge in [-0.15, -0.1) is 0 Å². The molecule has 0 spiro atoms. The van der Waals surface area contributed by atoms with E-state index in [4.69, 9.17) is 0 Å². The second kappa shape index (κ2) is 7.99. The van der Waals surface area contributed by atoms with Crippen molar-refractivity contribution in [1.29, 1.82) is 0 Å². The van der Waals surface area contributed by atoms with Gasteiger partial charge in [0.25, 0.3) is 0 Å². The Hall–Kier alpha value is -2.88. The van der Waals surface area contributed by atoms with Crippen LogP contribution >= 0.6 is 0 Å². The van der Waals surface area contributed by atoms with Crippen LogP contribution in [-0.2, 0) is 17.5 Å². The van der Waals surface area contributed by atoms with E-state index in [1.807, 2.05) is 0 Å². The van der Waals surface area contributed by atoms with Crippen molar-refractivity contribution < 1.29 is 22.8 Å². The van der Waals surface area contributed by atoms with Crippen molar-refractivity contribution in [3.8, 4) is 0 Å². The van der Waals surface area contributed by atoms with E-state index in [0.29, 0.717) is 30.9 Å². The highest BCUT2D eigenvalue weighted by atomic mass is 19.4. The van der Waals surface area contributed by atoms with E-state index < -0.39 is 11.7 Å². The quantitative estimate of drug-likeness (QED) is 0.744. The minimum atomic E-state index is -4.34. The lowest BCUT2D eigenvalue weighted by Gasteiger charge is -2.21. The number of fused-ring (bicyclic) bond motifs is 1. The summed E-state index contributed by atoms with van der Waals surface area (Å²) in [6.45, 7) is 4.54. The normalized spacial score (nSPS) is 21.4. The first-order valence-corrected chi connectivity index (χ1v) is 10.1. The van der Waals surface area contributed by atoms with Gasteiger partial charge in [0, 0.05) is 46.7 Å². The first-order chi connectivity index (χ1) is 14.6. The van der Waals surface area contributed by atoms with E-state index in [1.165, 1.54) is 41.0 Å². The Morgan fingerprint density at radius 1 is 1.16 bits per heavy atom. The van der Waals surface area contributed by atoms with Crippen molar-refractivity contribution in [1.82, 2.24) is 19.6 Å². The number of aromatic nitrogens is 2. The lowest BCUT2D eigenvalue weighted by molar-refractivity contribution is -0.137. The molecule has 2 aliphatic rings. The zero-order chi connectivity index (χ0) is 22.3. The number of hydrogen-bond donors (Lipinski definition) is 0. The molecule has 2 fully saturated rings. The second-order valence-corrected chi connectivity index (χ2v) is 8.32. The molecule has 0 aliphatic carbocycles. The molecule has 1 aromatic carbocycles. The number of nitrogens with zero attached hydrogens (tertiary/aromatic N) is 5. The molecule has 31 heavy (non-hydrogen) atoms. The van der Waals surface area contributed by atoms with Gasteiger partial charge >= 0.3 is 12.2 Å². The molecule has 7 nitrogen and oxygen atoms in total. The van der Waals surface area contributed by atoms with Crippen LogP contribution in [0, 0.1) is 11.8 Å². The maximum atomic E-state index is 12.9. The number of amides is 2. The molecule has 0 saturated carbocycles. The summed E-state index contributed by atoms with van der Waals surface area (Å²) in [6, 6.07) is 5.21. The highest BCUT2D eigenvalue weighted by molar-refractivity contribution is 5.91. The van der Waals surface area contributed by atoms with Crippen molar-refractivity contribution in [3.63, 3.8) is 0 Å². The third-order valence-corrected chi connectivity index (χ3v) is 6.12. The van der Waals surface area contributed by atoms with E-state index in [9.17, 15) is 22.8 Å². The van der Waals surface area contributed by atoms with Crippen LogP contribution in [0.3, 0.4) is 0 Å². The molecule has 10 heteroatoms. The zero-order valence-corrected chi connectivity index (χ0v) is 17.3. The molecule has 4 rings (SSSR count). The summed E-state index contributed by atoms with van der Waals surface area (Å²) >= 11 is 0. The highest BCUT2D eigenvalue weighted by Crippen LogP contribution is 2.33. The molecule has 3 heterocycles. The van der Waals surface area contributed by atoms with Gasteiger partial charge in [0.2, 0.25) is 5.91 Å². The minimum Gasteiger partial charge on any atom is -0.322 e. The summed E-state index contributed by atoms with van der Waals surface area (Å²) in [7, 11) is 1.62. The Kier molecular flexibility index (Phi) is 5.50. The molecular formula is C21H24F3N5O2. The van der Waals surface area contributed by atoms with Gasteiger partial charge in [-0.1, -0.05) is 18.2 Å². The fourth-order valence-corrected chi connectivity index (χ4v) is 4.40. The molecule has 2 aliphatic heterocycles. The van der Waals surface area contributed by atoms with E-state index >= 15 is 0 Å². The number of rotatable bonds is 3. The molecule has 2 aromatic rings. The van der Waals surface area contributed by atoms with Gasteiger partial charge in [0.1, 0.15) is 0 Å². The van der Waals surface area contributed by atoms with Gasteiger partial charge in [-0.3, -0.25) is 9.69 Å². The third kappa shape index (κ3) is 4.43. The number of hydrogen-bond acceptors (Lipinski definition) is 4. The fraction of sp³-hybridized carbons (Fsp3) is 0.476. The predicted octanol–water partition coefficient (Wildman–Crippen LogP) is 2.92. The largest absolute Gasteiger partial charge is 0.416 e. The fourth-order valence-electron chi connectivity index (χ4n) is 4.40. The molecule has 0 N–H and O–H groups in total. The van der Waals surface area contributed by atoms with Gasteiger partial charge in [-0.2, -0.15) is 23.0 Å². The summed E-state index contributed by atoms with van der Waals surface area (Å²) in [5.74, 6) is 0.415. The summed E-state index contributed by atoms with van der Waals surface area (Å²) in [5, 5.41) is 4.09. The average Bonchev–Trinajstić information content (AvgIpc) is 3.41. The van der Waals surface area contributed by atoms with Crippen LogP contribution < -0.4 is 4.90 Å². The van der Waals surface area contributed by atoms with Crippen molar-refractivity contribution in [2.45, 2.75) is 19.6 Å². The smallest absolute Gasteiger partial charge is 0.322 e. The number of alkyl halides is 3. The number of likely N-dealkylation sites (tertiary alicyclic amines) is 2. The molecule has 2 atom stereocenters. The molecule has 2 amide bonds. The van der Waals surface area contributed by atoms with E-state index in [2.05, 4.69) is 10.00 Å². The Morgan fingerprint density at radius 2 is 1.84 bits per heavy atom. The SMILES string of the molecule is CC(=O)N(C)c1cnn(C(=O)N2CC3CN(Cc4cccc(C(F)(F)F)c4)CC3C2)c1. The predicted molar refractivity (Wildman–Crippen MR) is 107 cm³/mol. The maximum Gasteiger partial charge on any atom is 0.416 e. The van der Waals surface area contributed by atoms with E-state index in [1.54, 1.807) is 18.0 Å². The van der Waals surface area contributed by atoms with Gasteiger partial charge in [0.15, 0.2) is 0 Å². The topological polar surface area (TPSA) is 61.7 Å². The monoisotopic (exact) mass is 435 g/mol. The number of halogens is 3. The van der Waals surface area contributed by atoms with E-state index in [-0.39, 0.29) is 23.8 Å².